The Morgan fingerprint density at radius 1 is 1.03 bits per heavy atom. The monoisotopic (exact) mass is 446 g/mol. The quantitative estimate of drug-likeness (QED) is 0.608. The topological polar surface area (TPSA) is 76.5 Å². The number of benzene rings is 2. The van der Waals surface area contributed by atoms with E-state index in [1.165, 1.54) is 0 Å². The maximum Gasteiger partial charge on any atom is 0.410 e. The van der Waals surface area contributed by atoms with Gasteiger partial charge >= 0.3 is 6.09 Å². The molecular weight excluding hydrogens is 416 g/mol. The number of likely N-dealkylation sites (tertiary alicyclic amines) is 1. The molecule has 1 fully saturated rings. The van der Waals surface area contributed by atoms with E-state index in [9.17, 15) is 9.59 Å². The van der Waals surface area contributed by atoms with E-state index in [4.69, 9.17) is 4.74 Å². The number of piperidine rings is 1. The molecule has 7 heteroatoms. The normalized spacial score (nSPS) is 15.2. The van der Waals surface area contributed by atoms with Gasteiger partial charge in [0.15, 0.2) is 0 Å². The molecule has 4 rings (SSSR count). The highest BCUT2D eigenvalue weighted by Crippen LogP contribution is 2.39. The third kappa shape index (κ3) is 5.42. The maximum absolute atomic E-state index is 13.0. The highest BCUT2D eigenvalue weighted by Gasteiger charge is 2.39. The Morgan fingerprint density at radius 3 is 2.27 bits per heavy atom. The number of hydrogen-bond donors (Lipinski definition) is 1. The van der Waals surface area contributed by atoms with E-state index >= 15 is 0 Å². The second-order valence-electron chi connectivity index (χ2n) is 8.69. The molecule has 33 heavy (non-hydrogen) atoms. The zero-order chi connectivity index (χ0) is 23.3. The van der Waals surface area contributed by atoms with Crippen molar-refractivity contribution in [1.82, 2.24) is 14.7 Å². The second-order valence-corrected chi connectivity index (χ2v) is 8.69. The summed E-state index contributed by atoms with van der Waals surface area (Å²) in [6, 6.07) is 21.6. The van der Waals surface area contributed by atoms with Crippen molar-refractivity contribution in [3.63, 3.8) is 0 Å². The largest absolute Gasteiger partial charge is 0.445 e. The first-order valence-corrected chi connectivity index (χ1v) is 11.3. The summed E-state index contributed by atoms with van der Waals surface area (Å²) in [5.74, 6) is 0.629. The van der Waals surface area contributed by atoms with E-state index in [1.807, 2.05) is 68.6 Å². The van der Waals surface area contributed by atoms with Crippen molar-refractivity contribution in [1.29, 1.82) is 0 Å². The molecule has 172 valence electrons. The average molecular weight is 447 g/mol. The van der Waals surface area contributed by atoms with Gasteiger partial charge < -0.3 is 15.0 Å². The lowest BCUT2D eigenvalue weighted by Crippen LogP contribution is -2.46. The van der Waals surface area contributed by atoms with Crippen LogP contribution in [0.3, 0.4) is 0 Å². The number of carbonyl (C=O) groups is 2. The molecular formula is C26H30N4O3. The van der Waals surface area contributed by atoms with E-state index in [0.717, 1.165) is 16.8 Å². The van der Waals surface area contributed by atoms with E-state index in [0.29, 0.717) is 38.2 Å². The summed E-state index contributed by atoms with van der Waals surface area (Å²) in [5, 5.41) is 7.30. The van der Waals surface area contributed by atoms with Crippen LogP contribution >= 0.6 is 0 Å². The molecule has 2 aromatic carbocycles. The van der Waals surface area contributed by atoms with Gasteiger partial charge in [-0.05, 0) is 30.9 Å². The molecule has 1 N–H and O–H groups in total. The molecule has 0 bridgehead atoms. The Balaban J connectivity index is 1.42. The Kier molecular flexibility index (Phi) is 6.77. The summed E-state index contributed by atoms with van der Waals surface area (Å²) in [6.45, 7) is 3.24. The number of aryl methyl sites for hydroxylation is 2. The zero-order valence-electron chi connectivity index (χ0n) is 19.2. The number of hydrogen-bond acceptors (Lipinski definition) is 4. The van der Waals surface area contributed by atoms with Crippen LogP contribution in [0.15, 0.2) is 66.7 Å². The Morgan fingerprint density at radius 2 is 1.67 bits per heavy atom. The van der Waals surface area contributed by atoms with Gasteiger partial charge in [0.1, 0.15) is 12.4 Å². The molecule has 3 aromatic rings. The van der Waals surface area contributed by atoms with Crippen LogP contribution in [0.4, 0.5) is 10.6 Å². The molecule has 0 saturated carbocycles. The summed E-state index contributed by atoms with van der Waals surface area (Å²) >= 11 is 0. The molecule has 1 aromatic heterocycles. The van der Waals surface area contributed by atoms with E-state index in [-0.39, 0.29) is 24.0 Å². The number of rotatable bonds is 6. The molecule has 0 aliphatic carbocycles. The van der Waals surface area contributed by atoms with Gasteiger partial charge in [0, 0.05) is 38.0 Å². The van der Waals surface area contributed by atoms with Crippen LogP contribution in [0.25, 0.3) is 0 Å². The fraction of sp³-hybridized carbons (Fsp3) is 0.346. The molecule has 1 aliphatic heterocycles. The maximum atomic E-state index is 13.0. The number of carbonyl (C=O) groups excluding carboxylic acids is 2. The number of anilines is 1. The highest BCUT2D eigenvalue weighted by molar-refractivity contribution is 5.91. The van der Waals surface area contributed by atoms with Crippen molar-refractivity contribution in [2.45, 2.75) is 38.2 Å². The second kappa shape index (κ2) is 9.90. The van der Waals surface area contributed by atoms with Crippen molar-refractivity contribution >= 4 is 17.8 Å². The molecule has 1 saturated heterocycles. The standard InChI is InChI=1S/C26H30N4O3/c1-20-17-23(29(2)28-20)27-24(31)18-26(22-11-7-4-8-12-22)13-15-30(16-14-26)25(32)33-19-21-9-5-3-6-10-21/h3-12,17H,13-16,18-19H2,1-2H3,(H,27,31). The summed E-state index contributed by atoms with van der Waals surface area (Å²) in [6.07, 6.45) is 1.41. The summed E-state index contributed by atoms with van der Waals surface area (Å²) < 4.78 is 7.19. The van der Waals surface area contributed by atoms with Crippen molar-refractivity contribution in [2.75, 3.05) is 18.4 Å². The smallest absolute Gasteiger partial charge is 0.410 e. The minimum atomic E-state index is -0.338. The zero-order valence-corrected chi connectivity index (χ0v) is 19.2. The van der Waals surface area contributed by atoms with Gasteiger partial charge in [-0.2, -0.15) is 5.10 Å². The van der Waals surface area contributed by atoms with E-state index < -0.39 is 0 Å². The van der Waals surface area contributed by atoms with Crippen LogP contribution in [0.5, 0.6) is 0 Å². The molecule has 0 radical (unpaired) electrons. The predicted molar refractivity (Wildman–Crippen MR) is 127 cm³/mol. The first kappa shape index (κ1) is 22.6. The minimum Gasteiger partial charge on any atom is -0.445 e. The van der Waals surface area contributed by atoms with Crippen LogP contribution < -0.4 is 5.32 Å². The third-order valence-electron chi connectivity index (χ3n) is 6.34. The van der Waals surface area contributed by atoms with Gasteiger partial charge in [0.25, 0.3) is 0 Å². The lowest BCUT2D eigenvalue weighted by molar-refractivity contribution is -0.117. The van der Waals surface area contributed by atoms with Crippen LogP contribution in [0, 0.1) is 6.92 Å². The molecule has 1 aliphatic rings. The summed E-state index contributed by atoms with van der Waals surface area (Å²) in [5.41, 5.74) is 2.60. The van der Waals surface area contributed by atoms with Crippen LogP contribution in [0.2, 0.25) is 0 Å². The molecule has 0 atom stereocenters. The summed E-state index contributed by atoms with van der Waals surface area (Å²) in [4.78, 5) is 27.4. The van der Waals surface area contributed by atoms with Crippen molar-refractivity contribution < 1.29 is 14.3 Å². The predicted octanol–water partition coefficient (Wildman–Crippen LogP) is 4.43. The fourth-order valence-electron chi connectivity index (χ4n) is 4.51. The van der Waals surface area contributed by atoms with Gasteiger partial charge in [-0.25, -0.2) is 4.79 Å². The third-order valence-corrected chi connectivity index (χ3v) is 6.34. The minimum absolute atomic E-state index is 0.0537. The average Bonchev–Trinajstić information content (AvgIpc) is 3.15. The molecule has 2 amide bonds. The molecule has 7 nitrogen and oxygen atoms in total. The SMILES string of the molecule is Cc1cc(NC(=O)CC2(c3ccccc3)CCN(C(=O)OCc3ccccc3)CC2)n(C)n1. The van der Waals surface area contributed by atoms with Crippen molar-refractivity contribution in [2.24, 2.45) is 7.05 Å². The first-order valence-electron chi connectivity index (χ1n) is 11.3. The van der Waals surface area contributed by atoms with Crippen LogP contribution in [0.1, 0.15) is 36.1 Å². The summed E-state index contributed by atoms with van der Waals surface area (Å²) in [7, 11) is 1.81. The Hall–Kier alpha value is -3.61. The first-order chi connectivity index (χ1) is 15.9. The van der Waals surface area contributed by atoms with Gasteiger partial charge in [-0.3, -0.25) is 9.48 Å². The lowest BCUT2D eigenvalue weighted by Gasteiger charge is -2.41. The molecule has 2 heterocycles. The Labute approximate surface area is 194 Å². The van der Waals surface area contributed by atoms with Gasteiger partial charge in [-0.1, -0.05) is 60.7 Å². The molecule has 0 unspecified atom stereocenters. The van der Waals surface area contributed by atoms with Gasteiger partial charge in [0.05, 0.1) is 5.69 Å². The fourth-order valence-corrected chi connectivity index (χ4v) is 4.51. The highest BCUT2D eigenvalue weighted by atomic mass is 16.6. The van der Waals surface area contributed by atoms with Crippen LogP contribution in [-0.4, -0.2) is 39.8 Å². The molecule has 0 spiro atoms. The van der Waals surface area contributed by atoms with Gasteiger partial charge in [-0.15, -0.1) is 0 Å². The number of amides is 2. The number of nitrogens with zero attached hydrogens (tertiary/aromatic N) is 3. The van der Waals surface area contributed by atoms with Crippen LogP contribution in [-0.2, 0) is 28.6 Å². The number of ether oxygens (including phenoxy) is 1. The van der Waals surface area contributed by atoms with E-state index in [2.05, 4.69) is 22.5 Å². The van der Waals surface area contributed by atoms with Crippen molar-refractivity contribution in [3.8, 4) is 0 Å². The number of aromatic nitrogens is 2. The van der Waals surface area contributed by atoms with E-state index in [1.54, 1.807) is 9.58 Å². The van der Waals surface area contributed by atoms with Crippen molar-refractivity contribution in [3.05, 3.63) is 83.6 Å². The van der Waals surface area contributed by atoms with Gasteiger partial charge in [0.2, 0.25) is 5.91 Å². The number of nitrogens with one attached hydrogen (secondary N) is 1. The Bertz CT molecular complexity index is 1090. The lowest BCUT2D eigenvalue weighted by atomic mass is 9.70.